The first-order chi connectivity index (χ1) is 11.1. The molecule has 0 aliphatic heterocycles. The Labute approximate surface area is 137 Å². The first-order valence-corrected chi connectivity index (χ1v) is 7.84. The number of carbonyl (C=O) groups is 1. The standard InChI is InChI=1S/C19H23NO3/c1-4-22-17-10-5-6-11-18(17)23-13-19(21)20-16-9-7-8-15(12-16)14(2)3/h5-12,14H,4,13H2,1-3H3,(H,20,21). The summed E-state index contributed by atoms with van der Waals surface area (Å²) >= 11 is 0. The number of amides is 1. The van der Waals surface area contributed by atoms with E-state index in [2.05, 4.69) is 25.2 Å². The lowest BCUT2D eigenvalue weighted by Crippen LogP contribution is -2.20. The van der Waals surface area contributed by atoms with E-state index in [1.807, 2.05) is 43.3 Å². The number of ether oxygens (including phenoxy) is 2. The first-order valence-electron chi connectivity index (χ1n) is 7.84. The first kappa shape index (κ1) is 16.9. The van der Waals surface area contributed by atoms with Crippen LogP contribution < -0.4 is 14.8 Å². The minimum absolute atomic E-state index is 0.0595. The summed E-state index contributed by atoms with van der Waals surface area (Å²) in [6.45, 7) is 6.64. The van der Waals surface area contributed by atoms with E-state index in [-0.39, 0.29) is 12.5 Å². The van der Waals surface area contributed by atoms with Gasteiger partial charge in [-0.15, -0.1) is 0 Å². The van der Waals surface area contributed by atoms with Crippen molar-refractivity contribution in [3.8, 4) is 11.5 Å². The van der Waals surface area contributed by atoms with E-state index in [0.29, 0.717) is 24.0 Å². The topological polar surface area (TPSA) is 47.6 Å². The molecule has 0 atom stereocenters. The summed E-state index contributed by atoms with van der Waals surface area (Å²) in [5, 5.41) is 2.85. The third kappa shape index (κ3) is 5.02. The summed E-state index contributed by atoms with van der Waals surface area (Å²) in [5.74, 6) is 1.43. The second-order valence-electron chi connectivity index (χ2n) is 5.50. The minimum atomic E-state index is -0.197. The number of rotatable bonds is 7. The number of benzene rings is 2. The predicted molar refractivity (Wildman–Crippen MR) is 92.3 cm³/mol. The van der Waals surface area contributed by atoms with Gasteiger partial charge in [0.05, 0.1) is 6.61 Å². The number of anilines is 1. The molecule has 0 saturated carbocycles. The van der Waals surface area contributed by atoms with Gasteiger partial charge in [0.2, 0.25) is 0 Å². The molecule has 23 heavy (non-hydrogen) atoms. The van der Waals surface area contributed by atoms with Crippen LogP contribution in [0.3, 0.4) is 0 Å². The van der Waals surface area contributed by atoms with Crippen LogP contribution in [0.2, 0.25) is 0 Å². The fourth-order valence-corrected chi connectivity index (χ4v) is 2.16. The van der Waals surface area contributed by atoms with Crippen molar-refractivity contribution in [2.45, 2.75) is 26.7 Å². The number of hydrogen-bond donors (Lipinski definition) is 1. The van der Waals surface area contributed by atoms with Gasteiger partial charge in [0.25, 0.3) is 5.91 Å². The van der Waals surface area contributed by atoms with Crippen molar-refractivity contribution in [3.63, 3.8) is 0 Å². The van der Waals surface area contributed by atoms with Gasteiger partial charge in [-0.1, -0.05) is 38.1 Å². The van der Waals surface area contributed by atoms with Crippen LogP contribution in [0.1, 0.15) is 32.3 Å². The zero-order valence-corrected chi connectivity index (χ0v) is 13.8. The highest BCUT2D eigenvalue weighted by Gasteiger charge is 2.08. The zero-order valence-electron chi connectivity index (χ0n) is 13.8. The van der Waals surface area contributed by atoms with Gasteiger partial charge in [-0.3, -0.25) is 4.79 Å². The molecule has 2 aromatic rings. The molecule has 1 N–H and O–H groups in total. The Kier molecular flexibility index (Phi) is 6.03. The molecule has 0 radical (unpaired) electrons. The molecule has 0 saturated heterocycles. The minimum Gasteiger partial charge on any atom is -0.490 e. The van der Waals surface area contributed by atoms with Gasteiger partial charge in [0, 0.05) is 5.69 Å². The predicted octanol–water partition coefficient (Wildman–Crippen LogP) is 4.23. The molecule has 122 valence electrons. The largest absolute Gasteiger partial charge is 0.490 e. The molecule has 4 heteroatoms. The monoisotopic (exact) mass is 313 g/mol. The molecule has 4 nitrogen and oxygen atoms in total. The van der Waals surface area contributed by atoms with Crippen molar-refractivity contribution in [2.75, 3.05) is 18.5 Å². The smallest absolute Gasteiger partial charge is 0.262 e. The summed E-state index contributed by atoms with van der Waals surface area (Å²) in [5.41, 5.74) is 1.97. The number of carbonyl (C=O) groups excluding carboxylic acids is 1. The molecule has 0 heterocycles. The van der Waals surface area contributed by atoms with Gasteiger partial charge in [-0.25, -0.2) is 0 Å². The van der Waals surface area contributed by atoms with Gasteiger partial charge < -0.3 is 14.8 Å². The molecule has 2 rings (SSSR count). The Balaban J connectivity index is 1.94. The van der Waals surface area contributed by atoms with Crippen LogP contribution in [-0.4, -0.2) is 19.1 Å². The van der Waals surface area contributed by atoms with Crippen LogP contribution in [0.25, 0.3) is 0 Å². The van der Waals surface area contributed by atoms with Crippen LogP contribution in [0, 0.1) is 0 Å². The van der Waals surface area contributed by atoms with Crippen LogP contribution in [0.4, 0.5) is 5.69 Å². The lowest BCUT2D eigenvalue weighted by molar-refractivity contribution is -0.118. The highest BCUT2D eigenvalue weighted by atomic mass is 16.5. The average Bonchev–Trinajstić information content (AvgIpc) is 2.54. The molecule has 0 aliphatic rings. The van der Waals surface area contributed by atoms with Crippen molar-refractivity contribution in [2.24, 2.45) is 0 Å². The van der Waals surface area contributed by atoms with Gasteiger partial charge in [0.1, 0.15) is 0 Å². The lowest BCUT2D eigenvalue weighted by Gasteiger charge is -2.12. The van der Waals surface area contributed by atoms with E-state index in [9.17, 15) is 4.79 Å². The summed E-state index contributed by atoms with van der Waals surface area (Å²) in [4.78, 5) is 12.1. The molecule has 0 spiro atoms. The quantitative estimate of drug-likeness (QED) is 0.832. The molecule has 1 amide bonds. The Morgan fingerprint density at radius 3 is 2.39 bits per heavy atom. The van der Waals surface area contributed by atoms with Crippen LogP contribution in [-0.2, 0) is 4.79 Å². The normalized spacial score (nSPS) is 10.4. The molecular formula is C19H23NO3. The molecule has 0 bridgehead atoms. The highest BCUT2D eigenvalue weighted by Crippen LogP contribution is 2.26. The molecule has 0 aromatic heterocycles. The van der Waals surface area contributed by atoms with Crippen LogP contribution in [0.5, 0.6) is 11.5 Å². The molecule has 2 aromatic carbocycles. The number of para-hydroxylation sites is 2. The number of nitrogens with one attached hydrogen (secondary N) is 1. The van der Waals surface area contributed by atoms with E-state index >= 15 is 0 Å². The Hall–Kier alpha value is -2.49. The Morgan fingerprint density at radius 1 is 1.04 bits per heavy atom. The maximum atomic E-state index is 12.1. The third-order valence-corrected chi connectivity index (χ3v) is 3.34. The van der Waals surface area contributed by atoms with Crippen LogP contribution in [0.15, 0.2) is 48.5 Å². The average molecular weight is 313 g/mol. The van der Waals surface area contributed by atoms with E-state index in [1.165, 1.54) is 5.56 Å². The maximum Gasteiger partial charge on any atom is 0.262 e. The lowest BCUT2D eigenvalue weighted by atomic mass is 10.0. The summed E-state index contributed by atoms with van der Waals surface area (Å²) < 4.78 is 11.0. The fraction of sp³-hybridized carbons (Fsp3) is 0.316. The van der Waals surface area contributed by atoms with Gasteiger partial charge in [0.15, 0.2) is 18.1 Å². The van der Waals surface area contributed by atoms with Gasteiger partial charge >= 0.3 is 0 Å². The molecule has 0 unspecified atom stereocenters. The second-order valence-corrected chi connectivity index (χ2v) is 5.50. The van der Waals surface area contributed by atoms with Gasteiger partial charge in [-0.2, -0.15) is 0 Å². The van der Waals surface area contributed by atoms with Crippen LogP contribution >= 0.6 is 0 Å². The second kappa shape index (κ2) is 8.22. The van der Waals surface area contributed by atoms with Gasteiger partial charge in [-0.05, 0) is 42.7 Å². The summed E-state index contributed by atoms with van der Waals surface area (Å²) in [6.07, 6.45) is 0. The van der Waals surface area contributed by atoms with E-state index < -0.39 is 0 Å². The zero-order chi connectivity index (χ0) is 16.7. The summed E-state index contributed by atoms with van der Waals surface area (Å²) in [7, 11) is 0. The SMILES string of the molecule is CCOc1ccccc1OCC(=O)Nc1cccc(C(C)C)c1. The Bertz CT molecular complexity index is 653. The van der Waals surface area contributed by atoms with Crippen molar-refractivity contribution in [1.82, 2.24) is 0 Å². The summed E-state index contributed by atoms with van der Waals surface area (Å²) in [6, 6.07) is 15.2. The van der Waals surface area contributed by atoms with Crippen molar-refractivity contribution in [3.05, 3.63) is 54.1 Å². The van der Waals surface area contributed by atoms with Crippen molar-refractivity contribution >= 4 is 11.6 Å². The van der Waals surface area contributed by atoms with Crippen molar-refractivity contribution < 1.29 is 14.3 Å². The Morgan fingerprint density at radius 2 is 1.74 bits per heavy atom. The highest BCUT2D eigenvalue weighted by molar-refractivity contribution is 5.92. The maximum absolute atomic E-state index is 12.1. The van der Waals surface area contributed by atoms with E-state index in [0.717, 1.165) is 5.69 Å². The number of hydrogen-bond acceptors (Lipinski definition) is 3. The molecule has 0 aliphatic carbocycles. The van der Waals surface area contributed by atoms with E-state index in [1.54, 1.807) is 6.07 Å². The van der Waals surface area contributed by atoms with Crippen molar-refractivity contribution in [1.29, 1.82) is 0 Å². The molecule has 0 fully saturated rings. The van der Waals surface area contributed by atoms with E-state index in [4.69, 9.17) is 9.47 Å². The fourth-order valence-electron chi connectivity index (χ4n) is 2.16. The molecular weight excluding hydrogens is 290 g/mol. The third-order valence-electron chi connectivity index (χ3n) is 3.34.